The van der Waals surface area contributed by atoms with Crippen LogP contribution in [-0.4, -0.2) is 42.9 Å². The van der Waals surface area contributed by atoms with Crippen molar-refractivity contribution < 1.29 is 24.1 Å². The molecule has 108 valence electrons. The van der Waals surface area contributed by atoms with Crippen molar-refractivity contribution in [3.8, 4) is 0 Å². The Morgan fingerprint density at radius 2 is 2.32 bits per heavy atom. The van der Waals surface area contributed by atoms with Crippen LogP contribution in [-0.2, 0) is 19.0 Å². The number of aliphatic hydroxyl groups is 1. The van der Waals surface area contributed by atoms with Gasteiger partial charge in [-0.3, -0.25) is 0 Å². The normalized spacial score (nSPS) is 37.8. The van der Waals surface area contributed by atoms with Gasteiger partial charge in [0, 0.05) is 25.1 Å². The molecule has 6 heteroatoms. The Kier molecular flexibility index (Phi) is 3.85. The molecule has 0 aromatic carbocycles. The summed E-state index contributed by atoms with van der Waals surface area (Å²) < 4.78 is 16.0. The smallest absolute Gasteiger partial charge is 0.336 e. The Morgan fingerprint density at radius 3 is 2.89 bits per heavy atom. The standard InChI is InChI=1S/C13H21NO5/c1-5-18-11(15)10-7(2)14-13(16)6-9(10)12(17-4)19-8(13)3/h8-9,12,14,16H,5-6H2,1-4H3/t8-,9-,12+,13+/m1/s1. The third-order valence-corrected chi connectivity index (χ3v) is 3.78. The predicted octanol–water partition coefficient (Wildman–Crippen LogP) is 0.513. The summed E-state index contributed by atoms with van der Waals surface area (Å²) in [5, 5.41) is 13.5. The molecular weight excluding hydrogens is 250 g/mol. The maximum absolute atomic E-state index is 12.0. The van der Waals surface area contributed by atoms with Gasteiger partial charge in [0.2, 0.25) is 0 Å². The van der Waals surface area contributed by atoms with Crippen molar-refractivity contribution in [3.05, 3.63) is 11.3 Å². The zero-order chi connectivity index (χ0) is 14.2. The first-order valence-corrected chi connectivity index (χ1v) is 6.49. The predicted molar refractivity (Wildman–Crippen MR) is 66.9 cm³/mol. The topological polar surface area (TPSA) is 77.0 Å². The molecule has 0 aromatic rings. The van der Waals surface area contributed by atoms with E-state index in [0.717, 1.165) is 0 Å². The number of allylic oxidation sites excluding steroid dienone is 1. The largest absolute Gasteiger partial charge is 0.463 e. The van der Waals surface area contributed by atoms with Crippen LogP contribution in [0.25, 0.3) is 0 Å². The molecule has 0 unspecified atom stereocenters. The van der Waals surface area contributed by atoms with Gasteiger partial charge in [0.15, 0.2) is 12.0 Å². The minimum absolute atomic E-state index is 0.307. The molecule has 4 atom stereocenters. The van der Waals surface area contributed by atoms with Crippen LogP contribution in [0.5, 0.6) is 0 Å². The van der Waals surface area contributed by atoms with E-state index >= 15 is 0 Å². The van der Waals surface area contributed by atoms with Gasteiger partial charge in [-0.15, -0.1) is 0 Å². The van der Waals surface area contributed by atoms with Crippen molar-refractivity contribution in [2.24, 2.45) is 5.92 Å². The number of esters is 1. The Hall–Kier alpha value is -1.11. The third-order valence-electron chi connectivity index (χ3n) is 3.78. The summed E-state index contributed by atoms with van der Waals surface area (Å²) in [6.45, 7) is 5.60. The summed E-state index contributed by atoms with van der Waals surface area (Å²) in [4.78, 5) is 12.0. The molecular formula is C13H21NO5. The summed E-state index contributed by atoms with van der Waals surface area (Å²) in [6, 6.07) is 0. The molecule has 2 bridgehead atoms. The molecule has 2 aliphatic heterocycles. The molecule has 0 amide bonds. The molecule has 0 radical (unpaired) electrons. The van der Waals surface area contributed by atoms with Gasteiger partial charge >= 0.3 is 5.97 Å². The van der Waals surface area contributed by atoms with E-state index in [2.05, 4.69) is 5.32 Å². The highest BCUT2D eigenvalue weighted by atomic mass is 16.7. The molecule has 1 saturated heterocycles. The third kappa shape index (κ3) is 2.35. The lowest BCUT2D eigenvalue weighted by Gasteiger charge is -2.49. The zero-order valence-corrected chi connectivity index (χ0v) is 11.7. The fourth-order valence-electron chi connectivity index (χ4n) is 2.80. The number of methoxy groups -OCH3 is 1. The molecule has 0 spiro atoms. The summed E-state index contributed by atoms with van der Waals surface area (Å²) >= 11 is 0. The van der Waals surface area contributed by atoms with E-state index in [1.165, 1.54) is 7.11 Å². The Bertz CT molecular complexity index is 408. The first-order chi connectivity index (χ1) is 8.92. The highest BCUT2D eigenvalue weighted by Gasteiger charge is 2.52. The van der Waals surface area contributed by atoms with E-state index in [9.17, 15) is 9.90 Å². The van der Waals surface area contributed by atoms with Crippen molar-refractivity contribution in [1.29, 1.82) is 0 Å². The molecule has 6 nitrogen and oxygen atoms in total. The Morgan fingerprint density at radius 1 is 1.63 bits per heavy atom. The van der Waals surface area contributed by atoms with E-state index in [4.69, 9.17) is 14.2 Å². The summed E-state index contributed by atoms with van der Waals surface area (Å²) in [5.74, 6) is -0.716. The molecule has 2 rings (SSSR count). The number of hydrogen-bond acceptors (Lipinski definition) is 6. The lowest BCUT2D eigenvalue weighted by atomic mass is 9.80. The number of hydrogen-bond donors (Lipinski definition) is 2. The van der Waals surface area contributed by atoms with Gasteiger partial charge in [0.05, 0.1) is 12.2 Å². The first-order valence-electron chi connectivity index (χ1n) is 6.49. The van der Waals surface area contributed by atoms with Crippen LogP contribution in [0.3, 0.4) is 0 Å². The van der Waals surface area contributed by atoms with E-state index in [1.54, 1.807) is 20.8 Å². The van der Waals surface area contributed by atoms with Crippen LogP contribution in [0, 0.1) is 5.92 Å². The monoisotopic (exact) mass is 271 g/mol. The van der Waals surface area contributed by atoms with E-state index in [1.807, 2.05) is 0 Å². The fourth-order valence-corrected chi connectivity index (χ4v) is 2.80. The maximum atomic E-state index is 12.0. The number of rotatable bonds is 3. The Balaban J connectivity index is 2.37. The highest BCUT2D eigenvalue weighted by Crippen LogP contribution is 2.41. The second-order valence-electron chi connectivity index (χ2n) is 5.00. The van der Waals surface area contributed by atoms with Crippen molar-refractivity contribution in [2.75, 3.05) is 13.7 Å². The minimum atomic E-state index is -1.17. The van der Waals surface area contributed by atoms with Gasteiger partial charge in [-0.25, -0.2) is 4.79 Å². The minimum Gasteiger partial charge on any atom is -0.463 e. The lowest BCUT2D eigenvalue weighted by Crippen LogP contribution is -2.64. The summed E-state index contributed by atoms with van der Waals surface area (Å²) in [7, 11) is 1.53. The zero-order valence-electron chi connectivity index (χ0n) is 11.7. The van der Waals surface area contributed by atoms with E-state index < -0.39 is 18.1 Å². The SMILES string of the molecule is CCOC(=O)C1=C(C)N[C@]2(O)C[C@H]1[C@@H](OC)O[C@@H]2C. The second-order valence-corrected chi connectivity index (χ2v) is 5.00. The van der Waals surface area contributed by atoms with E-state index in [-0.39, 0.29) is 11.9 Å². The summed E-state index contributed by atoms with van der Waals surface area (Å²) in [6.07, 6.45) is -0.614. The molecule has 1 fully saturated rings. The number of ether oxygens (including phenoxy) is 3. The maximum Gasteiger partial charge on any atom is 0.336 e. The number of fused-ring (bicyclic) bond motifs is 2. The van der Waals surface area contributed by atoms with Crippen LogP contribution in [0.4, 0.5) is 0 Å². The van der Waals surface area contributed by atoms with Crippen LogP contribution >= 0.6 is 0 Å². The Labute approximate surface area is 112 Å². The van der Waals surface area contributed by atoms with Crippen molar-refractivity contribution in [2.45, 2.75) is 45.3 Å². The summed E-state index contributed by atoms with van der Waals surface area (Å²) in [5.41, 5.74) is -0.0561. The van der Waals surface area contributed by atoms with Crippen LogP contribution in [0.1, 0.15) is 27.2 Å². The first kappa shape index (κ1) is 14.3. The van der Waals surface area contributed by atoms with Gasteiger partial charge in [0.25, 0.3) is 0 Å². The number of carbonyl (C=O) groups excluding carboxylic acids is 1. The van der Waals surface area contributed by atoms with Crippen molar-refractivity contribution >= 4 is 5.97 Å². The van der Waals surface area contributed by atoms with Gasteiger partial charge < -0.3 is 24.6 Å². The number of carbonyl (C=O) groups is 1. The molecule has 0 aliphatic carbocycles. The highest BCUT2D eigenvalue weighted by molar-refractivity contribution is 5.90. The van der Waals surface area contributed by atoms with Crippen molar-refractivity contribution in [3.63, 3.8) is 0 Å². The quantitative estimate of drug-likeness (QED) is 0.728. The molecule has 2 aliphatic rings. The second kappa shape index (κ2) is 5.11. The van der Waals surface area contributed by atoms with Gasteiger partial charge in [-0.05, 0) is 20.8 Å². The molecule has 2 N–H and O–H groups in total. The molecule has 0 aromatic heterocycles. The fraction of sp³-hybridized carbons (Fsp3) is 0.769. The van der Waals surface area contributed by atoms with Gasteiger partial charge in [-0.1, -0.05) is 0 Å². The van der Waals surface area contributed by atoms with Crippen LogP contribution < -0.4 is 5.32 Å². The van der Waals surface area contributed by atoms with E-state index in [0.29, 0.717) is 24.3 Å². The lowest BCUT2D eigenvalue weighted by molar-refractivity contribution is -0.269. The average Bonchev–Trinajstić information content (AvgIpc) is 2.33. The molecule has 19 heavy (non-hydrogen) atoms. The van der Waals surface area contributed by atoms with Crippen molar-refractivity contribution in [1.82, 2.24) is 5.32 Å². The average molecular weight is 271 g/mol. The van der Waals surface area contributed by atoms with Gasteiger partial charge in [-0.2, -0.15) is 0 Å². The van der Waals surface area contributed by atoms with Crippen LogP contribution in [0.15, 0.2) is 11.3 Å². The molecule has 2 heterocycles. The molecule has 0 saturated carbocycles. The van der Waals surface area contributed by atoms with Gasteiger partial charge in [0.1, 0.15) is 6.10 Å². The number of nitrogens with one attached hydrogen (secondary N) is 1. The van der Waals surface area contributed by atoms with Crippen LogP contribution in [0.2, 0.25) is 0 Å².